The molecule has 2 fully saturated rings. The molecule has 1 atom stereocenters. The van der Waals surface area contributed by atoms with E-state index in [0.717, 1.165) is 48.4 Å². The lowest BCUT2D eigenvalue weighted by molar-refractivity contribution is -0.131. The molecule has 2 aromatic carbocycles. The highest BCUT2D eigenvalue weighted by Gasteiger charge is 2.34. The smallest absolute Gasteiger partial charge is 0.234 e. The molecule has 0 spiro atoms. The van der Waals surface area contributed by atoms with Gasteiger partial charge in [-0.05, 0) is 54.8 Å². The quantitative estimate of drug-likeness (QED) is 0.680. The SMILES string of the molecule is COc1ccc(C(NC(=O)CN2CCCCC2C2OCCO2)c2ccc(OC)cc2)cc1. The first-order valence-corrected chi connectivity index (χ1v) is 11.2. The molecule has 7 heteroatoms. The van der Waals surface area contributed by atoms with Gasteiger partial charge in [-0.15, -0.1) is 0 Å². The molecule has 2 aromatic rings. The van der Waals surface area contributed by atoms with Gasteiger partial charge in [0.2, 0.25) is 5.91 Å². The van der Waals surface area contributed by atoms with Crippen LogP contribution >= 0.6 is 0 Å². The third kappa shape index (κ3) is 5.41. The summed E-state index contributed by atoms with van der Waals surface area (Å²) in [6.45, 7) is 2.43. The third-order valence-electron chi connectivity index (χ3n) is 6.18. The minimum atomic E-state index is -0.276. The number of likely N-dealkylation sites (tertiary alicyclic amines) is 1. The van der Waals surface area contributed by atoms with Gasteiger partial charge in [-0.25, -0.2) is 0 Å². The van der Waals surface area contributed by atoms with E-state index in [9.17, 15) is 4.79 Å². The first-order chi connectivity index (χ1) is 15.7. The molecule has 0 saturated carbocycles. The zero-order chi connectivity index (χ0) is 22.3. The van der Waals surface area contributed by atoms with Crippen molar-refractivity contribution in [1.29, 1.82) is 0 Å². The normalized spacial score (nSPS) is 19.8. The predicted molar refractivity (Wildman–Crippen MR) is 121 cm³/mol. The number of ether oxygens (including phenoxy) is 4. The summed E-state index contributed by atoms with van der Waals surface area (Å²) in [5.74, 6) is 1.54. The molecule has 0 radical (unpaired) electrons. The van der Waals surface area contributed by atoms with Gasteiger partial charge in [-0.3, -0.25) is 9.69 Å². The van der Waals surface area contributed by atoms with Gasteiger partial charge in [-0.2, -0.15) is 0 Å². The molecule has 4 rings (SSSR count). The lowest BCUT2D eigenvalue weighted by atomic mass is 9.98. The van der Waals surface area contributed by atoms with Crippen LogP contribution in [0.25, 0.3) is 0 Å². The summed E-state index contributed by atoms with van der Waals surface area (Å²) in [7, 11) is 3.29. The molecule has 172 valence electrons. The van der Waals surface area contributed by atoms with E-state index in [0.29, 0.717) is 19.8 Å². The Labute approximate surface area is 189 Å². The molecule has 1 amide bonds. The Bertz CT molecular complexity index is 817. The van der Waals surface area contributed by atoms with Crippen LogP contribution in [-0.4, -0.2) is 63.7 Å². The van der Waals surface area contributed by atoms with Crippen molar-refractivity contribution in [3.05, 3.63) is 59.7 Å². The number of hydrogen-bond acceptors (Lipinski definition) is 6. The van der Waals surface area contributed by atoms with Crippen molar-refractivity contribution in [1.82, 2.24) is 10.2 Å². The maximum Gasteiger partial charge on any atom is 0.234 e. The second-order valence-electron chi connectivity index (χ2n) is 8.19. The monoisotopic (exact) mass is 440 g/mol. The second-order valence-corrected chi connectivity index (χ2v) is 8.19. The number of piperidine rings is 1. The summed E-state index contributed by atoms with van der Waals surface area (Å²) in [6.07, 6.45) is 2.96. The van der Waals surface area contributed by atoms with Crippen LogP contribution in [0.5, 0.6) is 11.5 Å². The summed E-state index contributed by atoms with van der Waals surface area (Å²) in [5, 5.41) is 3.24. The van der Waals surface area contributed by atoms with Crippen LogP contribution in [0.3, 0.4) is 0 Å². The summed E-state index contributed by atoms with van der Waals surface area (Å²) >= 11 is 0. The Balaban J connectivity index is 1.50. The van der Waals surface area contributed by atoms with Crippen molar-refractivity contribution in [2.45, 2.75) is 37.6 Å². The van der Waals surface area contributed by atoms with Gasteiger partial charge in [-0.1, -0.05) is 30.7 Å². The van der Waals surface area contributed by atoms with E-state index in [1.165, 1.54) is 0 Å². The lowest BCUT2D eigenvalue weighted by Crippen LogP contribution is -2.51. The van der Waals surface area contributed by atoms with E-state index < -0.39 is 0 Å². The van der Waals surface area contributed by atoms with E-state index in [-0.39, 0.29) is 24.3 Å². The average Bonchev–Trinajstić information content (AvgIpc) is 3.38. The van der Waals surface area contributed by atoms with Crippen molar-refractivity contribution >= 4 is 5.91 Å². The average molecular weight is 441 g/mol. The molecule has 1 N–H and O–H groups in total. The zero-order valence-corrected chi connectivity index (χ0v) is 18.8. The zero-order valence-electron chi connectivity index (χ0n) is 18.8. The molecule has 2 heterocycles. The Kier molecular flexibility index (Phi) is 7.63. The fourth-order valence-electron chi connectivity index (χ4n) is 4.46. The third-order valence-corrected chi connectivity index (χ3v) is 6.18. The first-order valence-electron chi connectivity index (χ1n) is 11.2. The number of benzene rings is 2. The molecule has 2 aliphatic heterocycles. The number of hydrogen-bond donors (Lipinski definition) is 1. The fourth-order valence-corrected chi connectivity index (χ4v) is 4.46. The molecule has 7 nitrogen and oxygen atoms in total. The molecule has 0 bridgehead atoms. The van der Waals surface area contributed by atoms with E-state index >= 15 is 0 Å². The molecule has 2 aliphatic rings. The fraction of sp³-hybridized carbons (Fsp3) is 0.480. The topological polar surface area (TPSA) is 69.3 Å². The van der Waals surface area contributed by atoms with Gasteiger partial charge in [0.25, 0.3) is 0 Å². The van der Waals surface area contributed by atoms with Crippen molar-refractivity contribution in [2.75, 3.05) is 40.5 Å². The second kappa shape index (κ2) is 10.8. The molecule has 0 aliphatic carbocycles. The van der Waals surface area contributed by atoms with E-state index in [4.69, 9.17) is 18.9 Å². The number of carbonyl (C=O) groups excluding carboxylic acids is 1. The van der Waals surface area contributed by atoms with Crippen LogP contribution in [0.15, 0.2) is 48.5 Å². The highest BCUT2D eigenvalue weighted by Crippen LogP contribution is 2.27. The van der Waals surface area contributed by atoms with Gasteiger partial charge >= 0.3 is 0 Å². The Morgan fingerprint density at radius 2 is 1.53 bits per heavy atom. The van der Waals surface area contributed by atoms with E-state index in [2.05, 4.69) is 10.2 Å². The number of nitrogens with zero attached hydrogens (tertiary/aromatic N) is 1. The minimum absolute atomic E-state index is 0.0217. The van der Waals surface area contributed by atoms with Crippen LogP contribution in [-0.2, 0) is 14.3 Å². The Morgan fingerprint density at radius 3 is 2.06 bits per heavy atom. The minimum Gasteiger partial charge on any atom is -0.497 e. The summed E-state index contributed by atoms with van der Waals surface area (Å²) < 4.78 is 22.1. The largest absolute Gasteiger partial charge is 0.497 e. The maximum absolute atomic E-state index is 13.2. The van der Waals surface area contributed by atoms with Crippen LogP contribution in [0, 0.1) is 0 Å². The molecule has 1 unspecified atom stereocenters. The van der Waals surface area contributed by atoms with Crippen LogP contribution in [0.1, 0.15) is 36.4 Å². The first kappa shape index (κ1) is 22.6. The number of nitrogens with one attached hydrogen (secondary N) is 1. The van der Waals surface area contributed by atoms with Gasteiger partial charge in [0.15, 0.2) is 6.29 Å². The van der Waals surface area contributed by atoms with Crippen molar-refractivity contribution in [3.8, 4) is 11.5 Å². The van der Waals surface area contributed by atoms with E-state index in [1.807, 2.05) is 48.5 Å². The number of amides is 1. The molecule has 2 saturated heterocycles. The van der Waals surface area contributed by atoms with Gasteiger partial charge in [0.1, 0.15) is 11.5 Å². The number of carbonyl (C=O) groups is 1. The van der Waals surface area contributed by atoms with Crippen molar-refractivity contribution in [2.24, 2.45) is 0 Å². The number of methoxy groups -OCH3 is 2. The van der Waals surface area contributed by atoms with E-state index in [1.54, 1.807) is 14.2 Å². The van der Waals surface area contributed by atoms with Gasteiger partial charge in [0, 0.05) is 0 Å². The Hall–Kier alpha value is -2.61. The standard InChI is InChI=1S/C25H32N2O5/c1-29-20-10-6-18(7-11-20)24(19-8-12-21(30-2)13-9-19)26-23(28)17-27-14-4-3-5-22(27)25-31-15-16-32-25/h6-13,22,24-25H,3-5,14-17H2,1-2H3,(H,26,28). The highest BCUT2D eigenvalue weighted by atomic mass is 16.7. The van der Waals surface area contributed by atoms with Gasteiger partial charge < -0.3 is 24.3 Å². The van der Waals surface area contributed by atoms with Crippen molar-refractivity contribution < 1.29 is 23.7 Å². The van der Waals surface area contributed by atoms with Crippen LogP contribution < -0.4 is 14.8 Å². The predicted octanol–water partition coefficient (Wildman–Crippen LogP) is 3.14. The molecular weight excluding hydrogens is 408 g/mol. The molecular formula is C25H32N2O5. The maximum atomic E-state index is 13.2. The Morgan fingerprint density at radius 1 is 0.969 bits per heavy atom. The van der Waals surface area contributed by atoms with Crippen LogP contribution in [0.2, 0.25) is 0 Å². The highest BCUT2D eigenvalue weighted by molar-refractivity contribution is 5.79. The summed E-state index contributed by atoms with van der Waals surface area (Å²) in [4.78, 5) is 15.4. The number of rotatable bonds is 8. The van der Waals surface area contributed by atoms with Gasteiger partial charge in [0.05, 0.1) is 46.1 Å². The lowest BCUT2D eigenvalue weighted by Gasteiger charge is -2.37. The molecule has 32 heavy (non-hydrogen) atoms. The van der Waals surface area contributed by atoms with Crippen LogP contribution in [0.4, 0.5) is 0 Å². The summed E-state index contributed by atoms with van der Waals surface area (Å²) in [5.41, 5.74) is 1.98. The van der Waals surface area contributed by atoms with Crippen molar-refractivity contribution in [3.63, 3.8) is 0 Å². The summed E-state index contributed by atoms with van der Waals surface area (Å²) in [6, 6.07) is 15.4. The molecule has 0 aromatic heterocycles.